The molecule has 1 aromatic carbocycles. The van der Waals surface area contributed by atoms with Crippen LogP contribution in [0, 0.1) is 6.92 Å². The third-order valence-corrected chi connectivity index (χ3v) is 4.79. The summed E-state index contributed by atoms with van der Waals surface area (Å²) in [6.07, 6.45) is 5.85. The van der Waals surface area contributed by atoms with Crippen LogP contribution in [0.3, 0.4) is 0 Å². The summed E-state index contributed by atoms with van der Waals surface area (Å²) in [5.74, 6) is 1.37. The topological polar surface area (TPSA) is 45.2 Å². The monoisotopic (exact) mass is 349 g/mol. The SMILES string of the molecule is Cc1nc(N2CCCC2)ccc1NC(=O)/C=C/c1ccc(C(C)C)cc1. The third-order valence-electron chi connectivity index (χ3n) is 4.79. The Morgan fingerprint density at radius 1 is 1.12 bits per heavy atom. The molecule has 0 aliphatic carbocycles. The fraction of sp³-hybridized carbons (Fsp3) is 0.364. The molecule has 0 spiro atoms. The van der Waals surface area contributed by atoms with Gasteiger partial charge < -0.3 is 10.2 Å². The molecule has 4 nitrogen and oxygen atoms in total. The molecule has 0 atom stereocenters. The van der Waals surface area contributed by atoms with Crippen LogP contribution in [0.4, 0.5) is 11.5 Å². The number of anilines is 2. The van der Waals surface area contributed by atoms with Crippen LogP contribution in [0.1, 0.15) is 49.4 Å². The average molecular weight is 349 g/mol. The lowest BCUT2D eigenvalue weighted by molar-refractivity contribution is -0.111. The number of nitrogens with zero attached hydrogens (tertiary/aromatic N) is 2. The number of rotatable bonds is 5. The lowest BCUT2D eigenvalue weighted by atomic mass is 10.0. The second-order valence-corrected chi connectivity index (χ2v) is 7.14. The molecule has 1 saturated heterocycles. The Bertz CT molecular complexity index is 788. The average Bonchev–Trinajstić information content (AvgIpc) is 3.17. The molecule has 0 unspecified atom stereocenters. The van der Waals surface area contributed by atoms with E-state index in [-0.39, 0.29) is 5.91 Å². The van der Waals surface area contributed by atoms with E-state index in [4.69, 9.17) is 0 Å². The number of benzene rings is 1. The van der Waals surface area contributed by atoms with Crippen LogP contribution >= 0.6 is 0 Å². The van der Waals surface area contributed by atoms with Crippen molar-refractivity contribution in [2.24, 2.45) is 0 Å². The van der Waals surface area contributed by atoms with Gasteiger partial charge in [-0.3, -0.25) is 4.79 Å². The van der Waals surface area contributed by atoms with Crippen molar-refractivity contribution in [3.63, 3.8) is 0 Å². The molecule has 26 heavy (non-hydrogen) atoms. The molecule has 3 rings (SSSR count). The molecule has 2 aromatic rings. The second-order valence-electron chi connectivity index (χ2n) is 7.14. The Kier molecular flexibility index (Phi) is 5.71. The number of aromatic nitrogens is 1. The molecule has 0 radical (unpaired) electrons. The van der Waals surface area contributed by atoms with E-state index in [0.29, 0.717) is 5.92 Å². The summed E-state index contributed by atoms with van der Waals surface area (Å²) in [6.45, 7) is 8.41. The van der Waals surface area contributed by atoms with Gasteiger partial charge in [0.25, 0.3) is 0 Å². The molecule has 1 amide bonds. The van der Waals surface area contributed by atoms with Crippen molar-refractivity contribution in [3.8, 4) is 0 Å². The van der Waals surface area contributed by atoms with Gasteiger partial charge in [-0.25, -0.2) is 4.98 Å². The maximum atomic E-state index is 12.2. The molecule has 136 valence electrons. The van der Waals surface area contributed by atoms with Crippen LogP contribution in [0.15, 0.2) is 42.5 Å². The molecule has 0 saturated carbocycles. The van der Waals surface area contributed by atoms with Crippen molar-refractivity contribution in [1.29, 1.82) is 0 Å². The quantitative estimate of drug-likeness (QED) is 0.791. The van der Waals surface area contributed by atoms with Gasteiger partial charge in [0.05, 0.1) is 11.4 Å². The Labute approximate surface area is 155 Å². The number of aryl methyl sites for hydroxylation is 1. The standard InChI is InChI=1S/C22H27N3O/c1-16(2)19-9-6-18(7-10-19)8-13-22(26)24-20-11-12-21(23-17(20)3)25-14-4-5-15-25/h6-13,16H,4-5,14-15H2,1-3H3,(H,24,26)/b13-8+. The number of hydrogen-bond donors (Lipinski definition) is 1. The van der Waals surface area contributed by atoms with Crippen molar-refractivity contribution in [3.05, 3.63) is 59.3 Å². The molecular formula is C22H27N3O. The van der Waals surface area contributed by atoms with Gasteiger partial charge in [0, 0.05) is 19.2 Å². The molecular weight excluding hydrogens is 322 g/mol. The number of hydrogen-bond acceptors (Lipinski definition) is 3. The molecule has 1 fully saturated rings. The minimum absolute atomic E-state index is 0.142. The van der Waals surface area contributed by atoms with E-state index in [2.05, 4.69) is 41.2 Å². The van der Waals surface area contributed by atoms with E-state index in [0.717, 1.165) is 35.9 Å². The largest absolute Gasteiger partial charge is 0.357 e. The normalized spacial score (nSPS) is 14.4. The van der Waals surface area contributed by atoms with Gasteiger partial charge in [-0.2, -0.15) is 0 Å². The maximum absolute atomic E-state index is 12.2. The van der Waals surface area contributed by atoms with Crippen LogP contribution in [0.5, 0.6) is 0 Å². The summed E-state index contributed by atoms with van der Waals surface area (Å²) in [5.41, 5.74) is 3.92. The van der Waals surface area contributed by atoms with Gasteiger partial charge in [-0.05, 0) is 55.0 Å². The zero-order chi connectivity index (χ0) is 18.5. The van der Waals surface area contributed by atoms with Crippen LogP contribution in [-0.2, 0) is 4.79 Å². The molecule has 1 aliphatic rings. The fourth-order valence-corrected chi connectivity index (χ4v) is 3.14. The van der Waals surface area contributed by atoms with Gasteiger partial charge >= 0.3 is 0 Å². The highest BCUT2D eigenvalue weighted by atomic mass is 16.1. The highest BCUT2D eigenvalue weighted by Gasteiger charge is 2.14. The fourth-order valence-electron chi connectivity index (χ4n) is 3.14. The maximum Gasteiger partial charge on any atom is 0.248 e. The number of carbonyl (C=O) groups is 1. The van der Waals surface area contributed by atoms with E-state index in [1.54, 1.807) is 6.08 Å². The zero-order valence-electron chi connectivity index (χ0n) is 15.8. The smallest absolute Gasteiger partial charge is 0.248 e. The van der Waals surface area contributed by atoms with Crippen molar-refractivity contribution < 1.29 is 4.79 Å². The van der Waals surface area contributed by atoms with Crippen LogP contribution in [0.2, 0.25) is 0 Å². The molecule has 1 N–H and O–H groups in total. The Balaban J connectivity index is 1.62. The first-order valence-electron chi connectivity index (χ1n) is 9.34. The Morgan fingerprint density at radius 3 is 2.42 bits per heavy atom. The van der Waals surface area contributed by atoms with Gasteiger partial charge in [0.1, 0.15) is 5.82 Å². The van der Waals surface area contributed by atoms with Gasteiger partial charge in [0.15, 0.2) is 0 Å². The predicted molar refractivity (Wildman–Crippen MR) is 109 cm³/mol. The summed E-state index contributed by atoms with van der Waals surface area (Å²) in [4.78, 5) is 19.1. The first-order valence-corrected chi connectivity index (χ1v) is 9.34. The van der Waals surface area contributed by atoms with E-state index < -0.39 is 0 Å². The first-order chi connectivity index (χ1) is 12.5. The number of pyridine rings is 1. The molecule has 1 aliphatic heterocycles. The number of nitrogens with one attached hydrogen (secondary N) is 1. The Morgan fingerprint density at radius 2 is 1.81 bits per heavy atom. The Hall–Kier alpha value is -2.62. The molecule has 0 bridgehead atoms. The summed E-state index contributed by atoms with van der Waals surface area (Å²) < 4.78 is 0. The summed E-state index contributed by atoms with van der Waals surface area (Å²) in [5, 5.41) is 2.92. The highest BCUT2D eigenvalue weighted by Crippen LogP contribution is 2.22. The summed E-state index contributed by atoms with van der Waals surface area (Å²) >= 11 is 0. The number of carbonyl (C=O) groups excluding carboxylic acids is 1. The molecule has 1 aromatic heterocycles. The van der Waals surface area contributed by atoms with E-state index >= 15 is 0 Å². The summed E-state index contributed by atoms with van der Waals surface area (Å²) in [7, 11) is 0. The van der Waals surface area contributed by atoms with Crippen molar-refractivity contribution >= 4 is 23.5 Å². The van der Waals surface area contributed by atoms with E-state index in [1.165, 1.54) is 18.4 Å². The highest BCUT2D eigenvalue weighted by molar-refractivity contribution is 6.02. The van der Waals surface area contributed by atoms with Crippen molar-refractivity contribution in [2.45, 2.75) is 39.5 Å². The molecule has 2 heterocycles. The minimum Gasteiger partial charge on any atom is -0.357 e. The van der Waals surface area contributed by atoms with Crippen LogP contribution in [-0.4, -0.2) is 24.0 Å². The summed E-state index contributed by atoms with van der Waals surface area (Å²) in [6, 6.07) is 12.2. The minimum atomic E-state index is -0.142. The number of amides is 1. The predicted octanol–water partition coefficient (Wildman–Crippen LogP) is 4.77. The van der Waals surface area contributed by atoms with Gasteiger partial charge in [-0.15, -0.1) is 0 Å². The lowest BCUT2D eigenvalue weighted by Gasteiger charge is -2.17. The van der Waals surface area contributed by atoms with Crippen molar-refractivity contribution in [1.82, 2.24) is 4.98 Å². The van der Waals surface area contributed by atoms with E-state index in [9.17, 15) is 4.79 Å². The first kappa shape index (κ1) is 18.2. The van der Waals surface area contributed by atoms with Crippen LogP contribution in [0.25, 0.3) is 6.08 Å². The van der Waals surface area contributed by atoms with Gasteiger partial charge in [-0.1, -0.05) is 38.1 Å². The lowest BCUT2D eigenvalue weighted by Crippen LogP contribution is -2.19. The zero-order valence-corrected chi connectivity index (χ0v) is 15.8. The second kappa shape index (κ2) is 8.17. The van der Waals surface area contributed by atoms with Crippen molar-refractivity contribution in [2.75, 3.05) is 23.3 Å². The molecule has 4 heteroatoms. The van der Waals surface area contributed by atoms with Gasteiger partial charge in [0.2, 0.25) is 5.91 Å². The third kappa shape index (κ3) is 4.51. The van der Waals surface area contributed by atoms with Crippen LogP contribution < -0.4 is 10.2 Å². The van der Waals surface area contributed by atoms with E-state index in [1.807, 2.05) is 37.3 Å².